The van der Waals surface area contributed by atoms with Crippen molar-refractivity contribution in [2.24, 2.45) is 7.05 Å². The lowest BCUT2D eigenvalue weighted by atomic mass is 10.1. The van der Waals surface area contributed by atoms with E-state index in [-0.39, 0.29) is 11.8 Å². The van der Waals surface area contributed by atoms with Crippen molar-refractivity contribution in [3.05, 3.63) is 10.8 Å². The van der Waals surface area contributed by atoms with E-state index >= 15 is 0 Å². The molecule has 1 aliphatic rings. The van der Waals surface area contributed by atoms with Crippen LogP contribution in [0.15, 0.2) is 0 Å². The minimum Gasteiger partial charge on any atom is -0.386 e. The maximum Gasteiger partial charge on any atom is 0.207 e. The van der Waals surface area contributed by atoms with Gasteiger partial charge in [-0.15, -0.1) is 0 Å². The third-order valence-corrected chi connectivity index (χ3v) is 3.43. The fourth-order valence-corrected chi connectivity index (χ4v) is 2.52. The van der Waals surface area contributed by atoms with E-state index in [4.69, 9.17) is 21.6 Å². The zero-order valence-electron chi connectivity index (χ0n) is 10.4. The summed E-state index contributed by atoms with van der Waals surface area (Å²) in [5.74, 6) is 0.601. The monoisotopic (exact) mass is 270 g/mol. The van der Waals surface area contributed by atoms with Crippen molar-refractivity contribution in [2.45, 2.75) is 12.0 Å². The van der Waals surface area contributed by atoms with Gasteiger partial charge in [-0.25, -0.2) is 0 Å². The minimum absolute atomic E-state index is 0.192. The number of aromatic nitrogens is 2. The summed E-state index contributed by atoms with van der Waals surface area (Å²) >= 11 is 5.89. The van der Waals surface area contributed by atoms with E-state index in [1.807, 2.05) is 11.0 Å². The molecule has 1 atom stereocenters. The number of halogens is 1. The Morgan fingerprint density at radius 1 is 1.67 bits per heavy atom. The van der Waals surface area contributed by atoms with Gasteiger partial charge in [-0.3, -0.25) is 0 Å². The summed E-state index contributed by atoms with van der Waals surface area (Å²) in [4.78, 5) is 6.08. The van der Waals surface area contributed by atoms with Gasteiger partial charge < -0.3 is 19.3 Å². The second-order valence-corrected chi connectivity index (χ2v) is 4.91. The van der Waals surface area contributed by atoms with Crippen molar-refractivity contribution < 1.29 is 9.84 Å². The van der Waals surface area contributed by atoms with Gasteiger partial charge in [0, 0.05) is 20.7 Å². The first-order valence-electron chi connectivity index (χ1n) is 5.59. The van der Waals surface area contributed by atoms with Crippen LogP contribution < -0.4 is 4.90 Å². The van der Waals surface area contributed by atoms with E-state index in [9.17, 15) is 5.11 Å². The Kier molecular flexibility index (Phi) is 3.48. The van der Waals surface area contributed by atoms with Crippen molar-refractivity contribution in [1.29, 1.82) is 5.26 Å². The number of nitriles is 1. The van der Waals surface area contributed by atoms with Crippen LogP contribution in [-0.2, 0) is 11.8 Å². The second kappa shape index (κ2) is 4.76. The van der Waals surface area contributed by atoms with Crippen LogP contribution in [0.4, 0.5) is 5.95 Å². The molecule has 0 saturated carbocycles. The molecular formula is C11H15ClN4O2. The van der Waals surface area contributed by atoms with Crippen molar-refractivity contribution in [1.82, 2.24) is 9.55 Å². The molecule has 1 aromatic rings. The van der Waals surface area contributed by atoms with Crippen LogP contribution >= 0.6 is 11.6 Å². The molecule has 0 amide bonds. The molecule has 1 fully saturated rings. The number of hydrogen-bond donors (Lipinski definition) is 1. The van der Waals surface area contributed by atoms with Crippen molar-refractivity contribution in [2.75, 3.05) is 31.7 Å². The van der Waals surface area contributed by atoms with Gasteiger partial charge in [0.1, 0.15) is 11.7 Å². The van der Waals surface area contributed by atoms with Gasteiger partial charge in [0.05, 0.1) is 13.2 Å². The predicted octanol–water partition coefficient (Wildman–Crippen LogP) is 0.533. The van der Waals surface area contributed by atoms with Gasteiger partial charge >= 0.3 is 0 Å². The Bertz CT molecular complexity index is 496. The molecule has 7 heteroatoms. The Labute approximate surface area is 110 Å². The Hall–Kier alpha value is -1.29. The van der Waals surface area contributed by atoms with Crippen LogP contribution in [0.25, 0.3) is 0 Å². The standard InChI is InChI=1S/C11H15ClN4O2/c1-15-8(5-13)9(12)14-10(15)16-4-3-11(17,6-16)7-18-2/h17H,3-4,6-7H2,1-2H3. The number of anilines is 1. The molecule has 98 valence electrons. The number of methoxy groups -OCH3 is 1. The van der Waals surface area contributed by atoms with Crippen LogP contribution in [0.3, 0.4) is 0 Å². The Morgan fingerprint density at radius 3 is 2.94 bits per heavy atom. The van der Waals surface area contributed by atoms with Crippen LogP contribution in [0.1, 0.15) is 12.1 Å². The van der Waals surface area contributed by atoms with Crippen LogP contribution in [0.2, 0.25) is 5.15 Å². The van der Waals surface area contributed by atoms with Crippen molar-refractivity contribution in [3.8, 4) is 6.07 Å². The van der Waals surface area contributed by atoms with E-state index in [0.29, 0.717) is 31.2 Å². The van der Waals surface area contributed by atoms with E-state index in [1.165, 1.54) is 0 Å². The summed E-state index contributed by atoms with van der Waals surface area (Å²) in [5, 5.41) is 19.4. The summed E-state index contributed by atoms with van der Waals surface area (Å²) in [6, 6.07) is 2.01. The SMILES string of the molecule is COCC1(O)CCN(c2nc(Cl)c(C#N)n2C)C1. The number of aliphatic hydroxyl groups is 1. The van der Waals surface area contributed by atoms with Gasteiger partial charge in [0.15, 0.2) is 10.8 Å². The number of ether oxygens (including phenoxy) is 1. The molecule has 1 aliphatic heterocycles. The number of nitrogens with zero attached hydrogens (tertiary/aromatic N) is 4. The topological polar surface area (TPSA) is 74.3 Å². The van der Waals surface area contributed by atoms with Gasteiger partial charge in [-0.2, -0.15) is 10.2 Å². The summed E-state index contributed by atoms with van der Waals surface area (Å²) in [6.45, 7) is 1.37. The fraction of sp³-hybridized carbons (Fsp3) is 0.636. The highest BCUT2D eigenvalue weighted by molar-refractivity contribution is 6.30. The molecule has 2 rings (SSSR count). The first-order valence-corrected chi connectivity index (χ1v) is 5.97. The van der Waals surface area contributed by atoms with Crippen molar-refractivity contribution >= 4 is 17.5 Å². The van der Waals surface area contributed by atoms with Gasteiger partial charge in [-0.05, 0) is 6.42 Å². The lowest BCUT2D eigenvalue weighted by Gasteiger charge is -2.22. The maximum atomic E-state index is 10.2. The highest BCUT2D eigenvalue weighted by atomic mass is 35.5. The second-order valence-electron chi connectivity index (χ2n) is 4.55. The summed E-state index contributed by atoms with van der Waals surface area (Å²) < 4.78 is 6.65. The first-order chi connectivity index (χ1) is 8.50. The van der Waals surface area contributed by atoms with E-state index in [1.54, 1.807) is 18.7 Å². The Morgan fingerprint density at radius 2 is 2.39 bits per heavy atom. The normalized spacial score (nSPS) is 23.4. The first kappa shape index (κ1) is 13.1. The van der Waals surface area contributed by atoms with Crippen LogP contribution in [0, 0.1) is 11.3 Å². The van der Waals surface area contributed by atoms with Gasteiger partial charge in [-0.1, -0.05) is 11.6 Å². The molecule has 6 nitrogen and oxygen atoms in total. The molecule has 0 aliphatic carbocycles. The molecule has 0 aromatic carbocycles. The molecule has 1 N–H and O–H groups in total. The highest BCUT2D eigenvalue weighted by Gasteiger charge is 2.38. The third kappa shape index (κ3) is 2.17. The van der Waals surface area contributed by atoms with Gasteiger partial charge in [0.2, 0.25) is 5.95 Å². The quantitative estimate of drug-likeness (QED) is 0.867. The molecule has 18 heavy (non-hydrogen) atoms. The van der Waals surface area contributed by atoms with Crippen LogP contribution in [0.5, 0.6) is 0 Å². The molecule has 1 aromatic heterocycles. The number of rotatable bonds is 3. The van der Waals surface area contributed by atoms with Gasteiger partial charge in [0.25, 0.3) is 0 Å². The van der Waals surface area contributed by atoms with E-state index in [2.05, 4.69) is 4.98 Å². The summed E-state index contributed by atoms with van der Waals surface area (Å²) in [7, 11) is 3.30. The zero-order valence-corrected chi connectivity index (χ0v) is 11.1. The molecule has 0 radical (unpaired) electrons. The smallest absolute Gasteiger partial charge is 0.207 e. The number of β-amino-alcohol motifs (C(OH)–C–C–N with tert-alkyl or cyclic N) is 1. The predicted molar refractivity (Wildman–Crippen MR) is 66.6 cm³/mol. The summed E-state index contributed by atoms with van der Waals surface area (Å²) in [5.41, 5.74) is -0.533. The fourth-order valence-electron chi connectivity index (χ4n) is 2.27. The number of hydrogen-bond acceptors (Lipinski definition) is 5. The van der Waals surface area contributed by atoms with Crippen LogP contribution in [-0.4, -0.2) is 47.1 Å². The van der Waals surface area contributed by atoms with E-state index in [0.717, 1.165) is 0 Å². The molecule has 0 bridgehead atoms. The average Bonchev–Trinajstić information content (AvgIpc) is 2.81. The highest BCUT2D eigenvalue weighted by Crippen LogP contribution is 2.28. The average molecular weight is 271 g/mol. The molecule has 0 spiro atoms. The Balaban J connectivity index is 2.23. The zero-order chi connectivity index (χ0) is 13.3. The maximum absolute atomic E-state index is 10.2. The lowest BCUT2D eigenvalue weighted by Crippen LogP contribution is -2.38. The lowest BCUT2D eigenvalue weighted by molar-refractivity contribution is -0.0139. The summed E-state index contributed by atoms with van der Waals surface area (Å²) in [6.07, 6.45) is 0.604. The molecule has 1 saturated heterocycles. The minimum atomic E-state index is -0.861. The van der Waals surface area contributed by atoms with E-state index < -0.39 is 5.60 Å². The van der Waals surface area contributed by atoms with Crippen molar-refractivity contribution in [3.63, 3.8) is 0 Å². The molecule has 1 unspecified atom stereocenters. The molecular weight excluding hydrogens is 256 g/mol. The largest absolute Gasteiger partial charge is 0.386 e. The number of imidazole rings is 1. The third-order valence-electron chi connectivity index (χ3n) is 3.16. The molecule has 2 heterocycles.